The standard InChI is InChI=1S/C11H15N3O2/c1-7(2)14-5-8-4-12-10(3-11(15)16)13-9(8)6-14/h4,7H,3,5-6H2,1-2H3,(H,15,16). The molecule has 5 nitrogen and oxygen atoms in total. The Bertz CT molecular complexity index is 418. The van der Waals surface area contributed by atoms with Gasteiger partial charge in [-0.1, -0.05) is 0 Å². The Labute approximate surface area is 94.1 Å². The van der Waals surface area contributed by atoms with Crippen molar-refractivity contribution < 1.29 is 9.90 Å². The number of hydrogen-bond acceptors (Lipinski definition) is 4. The lowest BCUT2D eigenvalue weighted by molar-refractivity contribution is -0.136. The molecule has 1 aliphatic heterocycles. The summed E-state index contributed by atoms with van der Waals surface area (Å²) in [7, 11) is 0. The monoisotopic (exact) mass is 221 g/mol. The molecule has 5 heteroatoms. The molecule has 1 aromatic rings. The van der Waals surface area contributed by atoms with Crippen LogP contribution in [0, 0.1) is 0 Å². The Hall–Kier alpha value is -1.49. The lowest BCUT2D eigenvalue weighted by Crippen LogP contribution is -2.24. The van der Waals surface area contributed by atoms with E-state index in [0.717, 1.165) is 24.3 Å². The molecule has 0 fully saturated rings. The molecule has 1 aromatic heterocycles. The predicted octanol–water partition coefficient (Wildman–Crippen LogP) is 0.828. The number of aromatic nitrogens is 2. The van der Waals surface area contributed by atoms with E-state index >= 15 is 0 Å². The van der Waals surface area contributed by atoms with E-state index in [9.17, 15) is 4.79 Å². The van der Waals surface area contributed by atoms with Crippen LogP contribution in [0.15, 0.2) is 6.20 Å². The summed E-state index contributed by atoms with van der Waals surface area (Å²) in [4.78, 5) is 21.2. The SMILES string of the molecule is CC(C)N1Cc2cnc(CC(=O)O)nc2C1. The molecule has 0 radical (unpaired) electrons. The first-order valence-electron chi connectivity index (χ1n) is 5.35. The largest absolute Gasteiger partial charge is 0.481 e. The van der Waals surface area contributed by atoms with Crippen molar-refractivity contribution in [1.82, 2.24) is 14.9 Å². The molecule has 86 valence electrons. The van der Waals surface area contributed by atoms with Gasteiger partial charge in [-0.2, -0.15) is 0 Å². The number of carboxylic acids is 1. The van der Waals surface area contributed by atoms with E-state index in [1.807, 2.05) is 0 Å². The normalized spacial score (nSPS) is 15.4. The van der Waals surface area contributed by atoms with Crippen LogP contribution in [0.5, 0.6) is 0 Å². The summed E-state index contributed by atoms with van der Waals surface area (Å²) in [6.45, 7) is 5.93. The molecular weight excluding hydrogens is 206 g/mol. The molecule has 0 amide bonds. The van der Waals surface area contributed by atoms with E-state index < -0.39 is 5.97 Å². The number of rotatable bonds is 3. The minimum atomic E-state index is -0.890. The Morgan fingerprint density at radius 3 is 2.94 bits per heavy atom. The number of nitrogens with zero attached hydrogens (tertiary/aromatic N) is 3. The molecule has 0 unspecified atom stereocenters. The van der Waals surface area contributed by atoms with Gasteiger partial charge in [-0.15, -0.1) is 0 Å². The quantitative estimate of drug-likeness (QED) is 0.818. The molecule has 0 aromatic carbocycles. The van der Waals surface area contributed by atoms with Gasteiger partial charge in [0, 0.05) is 30.9 Å². The third-order valence-corrected chi connectivity index (χ3v) is 2.77. The third kappa shape index (κ3) is 2.19. The smallest absolute Gasteiger partial charge is 0.311 e. The molecule has 2 rings (SSSR count). The van der Waals surface area contributed by atoms with Crippen LogP contribution in [-0.4, -0.2) is 32.0 Å². The van der Waals surface area contributed by atoms with Gasteiger partial charge in [-0.3, -0.25) is 9.69 Å². The maximum Gasteiger partial charge on any atom is 0.311 e. The van der Waals surface area contributed by atoms with Gasteiger partial charge in [0.1, 0.15) is 12.2 Å². The molecule has 1 N–H and O–H groups in total. The van der Waals surface area contributed by atoms with Crippen molar-refractivity contribution in [1.29, 1.82) is 0 Å². The zero-order valence-electron chi connectivity index (χ0n) is 9.47. The van der Waals surface area contributed by atoms with Crippen LogP contribution in [0.25, 0.3) is 0 Å². The molecule has 0 aliphatic carbocycles. The summed E-state index contributed by atoms with van der Waals surface area (Å²) in [5, 5.41) is 8.67. The van der Waals surface area contributed by atoms with Crippen LogP contribution in [0.1, 0.15) is 30.9 Å². The van der Waals surface area contributed by atoms with Crippen molar-refractivity contribution in [2.45, 2.75) is 39.4 Å². The maximum absolute atomic E-state index is 10.6. The van der Waals surface area contributed by atoms with Gasteiger partial charge in [0.2, 0.25) is 0 Å². The first-order chi connectivity index (χ1) is 7.56. The Morgan fingerprint density at radius 1 is 1.56 bits per heavy atom. The topological polar surface area (TPSA) is 66.3 Å². The number of hydrogen-bond donors (Lipinski definition) is 1. The fourth-order valence-electron chi connectivity index (χ4n) is 1.81. The maximum atomic E-state index is 10.6. The van der Waals surface area contributed by atoms with E-state index in [4.69, 9.17) is 5.11 Å². The Kier molecular flexibility index (Phi) is 2.87. The highest BCUT2D eigenvalue weighted by molar-refractivity contribution is 5.68. The molecule has 16 heavy (non-hydrogen) atoms. The molecular formula is C11H15N3O2. The third-order valence-electron chi connectivity index (χ3n) is 2.77. The lowest BCUT2D eigenvalue weighted by atomic mass is 10.2. The van der Waals surface area contributed by atoms with Crippen molar-refractivity contribution in [3.8, 4) is 0 Å². The molecule has 0 spiro atoms. The predicted molar refractivity (Wildman–Crippen MR) is 57.8 cm³/mol. The zero-order valence-corrected chi connectivity index (χ0v) is 9.47. The van der Waals surface area contributed by atoms with Crippen LogP contribution in [0.4, 0.5) is 0 Å². The molecule has 0 saturated heterocycles. The van der Waals surface area contributed by atoms with Gasteiger partial charge in [-0.25, -0.2) is 9.97 Å². The number of carboxylic acid groups (broad SMARTS) is 1. The highest BCUT2D eigenvalue weighted by atomic mass is 16.4. The summed E-state index contributed by atoms with van der Waals surface area (Å²) in [5.41, 5.74) is 2.09. The fourth-order valence-corrected chi connectivity index (χ4v) is 1.81. The van der Waals surface area contributed by atoms with Crippen molar-refractivity contribution >= 4 is 5.97 Å². The van der Waals surface area contributed by atoms with Crippen LogP contribution in [-0.2, 0) is 24.3 Å². The Balaban J connectivity index is 2.17. The van der Waals surface area contributed by atoms with Crippen molar-refractivity contribution in [3.63, 3.8) is 0 Å². The summed E-state index contributed by atoms with van der Waals surface area (Å²) >= 11 is 0. The van der Waals surface area contributed by atoms with Crippen LogP contribution in [0.3, 0.4) is 0 Å². The fraction of sp³-hybridized carbons (Fsp3) is 0.545. The van der Waals surface area contributed by atoms with Gasteiger partial charge in [0.05, 0.1) is 5.69 Å². The van der Waals surface area contributed by atoms with Gasteiger partial charge in [0.25, 0.3) is 0 Å². The second kappa shape index (κ2) is 4.17. The first-order valence-corrected chi connectivity index (χ1v) is 5.35. The number of carbonyl (C=O) groups is 1. The zero-order chi connectivity index (χ0) is 11.7. The van der Waals surface area contributed by atoms with E-state index in [0.29, 0.717) is 11.9 Å². The van der Waals surface area contributed by atoms with Crippen LogP contribution >= 0.6 is 0 Å². The average molecular weight is 221 g/mol. The summed E-state index contributed by atoms with van der Waals surface area (Å²) in [6.07, 6.45) is 1.65. The van der Waals surface area contributed by atoms with Crippen molar-refractivity contribution in [2.24, 2.45) is 0 Å². The van der Waals surface area contributed by atoms with E-state index in [2.05, 4.69) is 28.7 Å². The van der Waals surface area contributed by atoms with Gasteiger partial charge >= 0.3 is 5.97 Å². The second-order valence-corrected chi connectivity index (χ2v) is 4.33. The molecule has 0 bridgehead atoms. The number of fused-ring (bicyclic) bond motifs is 1. The highest BCUT2D eigenvalue weighted by Crippen LogP contribution is 2.22. The van der Waals surface area contributed by atoms with E-state index in [1.54, 1.807) is 6.20 Å². The van der Waals surface area contributed by atoms with Crippen molar-refractivity contribution in [2.75, 3.05) is 0 Å². The van der Waals surface area contributed by atoms with Crippen LogP contribution < -0.4 is 0 Å². The number of aliphatic carboxylic acids is 1. The van der Waals surface area contributed by atoms with E-state index in [-0.39, 0.29) is 6.42 Å². The summed E-state index contributed by atoms with van der Waals surface area (Å²) in [6, 6.07) is 0.470. The molecule has 2 heterocycles. The molecule has 0 saturated carbocycles. The van der Waals surface area contributed by atoms with Gasteiger partial charge in [0.15, 0.2) is 0 Å². The first kappa shape index (κ1) is 11.0. The summed E-state index contributed by atoms with van der Waals surface area (Å²) in [5.74, 6) is -0.490. The highest BCUT2D eigenvalue weighted by Gasteiger charge is 2.23. The van der Waals surface area contributed by atoms with Gasteiger partial charge < -0.3 is 5.11 Å². The minimum absolute atomic E-state index is 0.102. The molecule has 1 aliphatic rings. The average Bonchev–Trinajstić information content (AvgIpc) is 2.59. The van der Waals surface area contributed by atoms with Crippen molar-refractivity contribution in [3.05, 3.63) is 23.3 Å². The Morgan fingerprint density at radius 2 is 2.31 bits per heavy atom. The second-order valence-electron chi connectivity index (χ2n) is 4.33. The minimum Gasteiger partial charge on any atom is -0.481 e. The van der Waals surface area contributed by atoms with Gasteiger partial charge in [-0.05, 0) is 13.8 Å². The lowest BCUT2D eigenvalue weighted by Gasteiger charge is -2.18. The molecule has 0 atom stereocenters. The van der Waals surface area contributed by atoms with Crippen LogP contribution in [0.2, 0.25) is 0 Å². The van der Waals surface area contributed by atoms with E-state index in [1.165, 1.54) is 0 Å². The summed E-state index contributed by atoms with van der Waals surface area (Å²) < 4.78 is 0.